The number of ether oxygens (including phenoxy) is 1. The molecule has 0 unspecified atom stereocenters. The maximum Gasteiger partial charge on any atom is 0.411 e. The average molecular weight is 160 g/mol. The molecule has 0 rings (SSSR count). The second-order valence-electron chi connectivity index (χ2n) is 1.56. The monoisotopic (exact) mass is 160 g/mol. The number of halogens is 3. The number of alkyl halides is 3. The highest BCUT2D eigenvalue weighted by Crippen LogP contribution is 2.14. The van der Waals surface area contributed by atoms with E-state index in [0.717, 1.165) is 0 Å². The molecular weight excluding hydrogens is 153 g/mol. The van der Waals surface area contributed by atoms with Crippen molar-refractivity contribution in [3.8, 4) is 0 Å². The van der Waals surface area contributed by atoms with E-state index in [4.69, 9.17) is 10.2 Å². The van der Waals surface area contributed by atoms with Crippen LogP contribution in [0.15, 0.2) is 0 Å². The van der Waals surface area contributed by atoms with Crippen molar-refractivity contribution in [2.24, 2.45) is 0 Å². The molecule has 0 aliphatic heterocycles. The van der Waals surface area contributed by atoms with E-state index < -0.39 is 25.7 Å². The maximum absolute atomic E-state index is 11.2. The molecule has 0 amide bonds. The first kappa shape index (κ1) is 9.67. The number of aliphatic hydroxyl groups excluding tert-OH is 2. The van der Waals surface area contributed by atoms with Crippen LogP contribution in [0.4, 0.5) is 13.2 Å². The summed E-state index contributed by atoms with van der Waals surface area (Å²) in [6.45, 7) is -2.38. The number of aliphatic hydroxyl groups is 2. The fourth-order valence-corrected chi connectivity index (χ4v) is 0.243. The van der Waals surface area contributed by atoms with Crippen LogP contribution in [0.25, 0.3) is 0 Å². The van der Waals surface area contributed by atoms with Gasteiger partial charge in [-0.2, -0.15) is 13.2 Å². The molecule has 0 fully saturated rings. The predicted molar refractivity (Wildman–Crippen MR) is 25.1 cm³/mol. The summed E-state index contributed by atoms with van der Waals surface area (Å²) in [7, 11) is 0. The second-order valence-corrected chi connectivity index (χ2v) is 1.56. The number of hydrogen-bond donors (Lipinski definition) is 2. The summed E-state index contributed by atoms with van der Waals surface area (Å²) in [6.07, 6.45) is -6.21. The lowest BCUT2D eigenvalue weighted by Gasteiger charge is -2.10. The van der Waals surface area contributed by atoms with Crippen LogP contribution in [0.5, 0.6) is 0 Å². The lowest BCUT2D eigenvalue weighted by molar-refractivity contribution is -0.223. The van der Waals surface area contributed by atoms with Gasteiger partial charge in [0, 0.05) is 0 Å². The van der Waals surface area contributed by atoms with Gasteiger partial charge in [-0.15, -0.1) is 0 Å². The summed E-state index contributed by atoms with van der Waals surface area (Å²) in [5, 5.41) is 16.2. The van der Waals surface area contributed by atoms with E-state index in [2.05, 4.69) is 4.74 Å². The highest BCUT2D eigenvalue weighted by molar-refractivity contribution is 4.46. The van der Waals surface area contributed by atoms with Crippen LogP contribution in [0.2, 0.25) is 0 Å². The molecule has 0 saturated heterocycles. The molecule has 1 atom stereocenters. The Morgan fingerprint density at radius 1 is 1.40 bits per heavy atom. The summed E-state index contributed by atoms with van der Waals surface area (Å²) >= 11 is 0. The lowest BCUT2D eigenvalue weighted by Crippen LogP contribution is -2.25. The van der Waals surface area contributed by atoms with Crippen LogP contribution in [-0.2, 0) is 4.74 Å². The van der Waals surface area contributed by atoms with Gasteiger partial charge in [0.1, 0.15) is 6.61 Å². The molecule has 2 N–H and O–H groups in total. The van der Waals surface area contributed by atoms with Crippen molar-refractivity contribution in [2.45, 2.75) is 12.5 Å². The fraction of sp³-hybridized carbons (Fsp3) is 1.00. The predicted octanol–water partition coefficient (Wildman–Crippen LogP) is -0.124. The highest BCUT2D eigenvalue weighted by Gasteiger charge is 2.28. The Labute approximate surface area is 55.0 Å². The number of rotatable bonds is 3. The van der Waals surface area contributed by atoms with Crippen molar-refractivity contribution >= 4 is 0 Å². The van der Waals surface area contributed by atoms with Crippen molar-refractivity contribution in [3.63, 3.8) is 0 Å². The third-order valence-electron chi connectivity index (χ3n) is 0.596. The van der Waals surface area contributed by atoms with Crippen LogP contribution in [0, 0.1) is 0 Å². The van der Waals surface area contributed by atoms with Crippen molar-refractivity contribution in [1.82, 2.24) is 0 Å². The van der Waals surface area contributed by atoms with E-state index in [9.17, 15) is 13.2 Å². The Morgan fingerprint density at radius 3 is 2.20 bits per heavy atom. The third-order valence-corrected chi connectivity index (χ3v) is 0.596. The van der Waals surface area contributed by atoms with Gasteiger partial charge in [-0.05, 0) is 0 Å². The minimum absolute atomic E-state index is 0.837. The van der Waals surface area contributed by atoms with Gasteiger partial charge in [-0.3, -0.25) is 0 Å². The van der Waals surface area contributed by atoms with Gasteiger partial charge in [-0.25, -0.2) is 0 Å². The van der Waals surface area contributed by atoms with E-state index in [1.807, 2.05) is 0 Å². The average Bonchev–Trinajstić information content (AvgIpc) is 1.81. The zero-order valence-corrected chi connectivity index (χ0v) is 4.93. The van der Waals surface area contributed by atoms with Crippen molar-refractivity contribution < 1.29 is 28.1 Å². The van der Waals surface area contributed by atoms with Gasteiger partial charge >= 0.3 is 6.18 Å². The Kier molecular flexibility index (Phi) is 3.62. The molecule has 0 heterocycles. The molecule has 0 saturated carbocycles. The van der Waals surface area contributed by atoms with Gasteiger partial charge in [-0.1, -0.05) is 0 Å². The Bertz CT molecular complexity index is 92.2. The molecule has 0 aromatic carbocycles. The zero-order chi connectivity index (χ0) is 8.20. The smallest absolute Gasteiger partial charge is 0.391 e. The molecule has 0 bridgehead atoms. The molecule has 0 aliphatic rings. The largest absolute Gasteiger partial charge is 0.411 e. The Balaban J connectivity index is 3.36. The summed E-state index contributed by atoms with van der Waals surface area (Å²) in [6, 6.07) is 0. The molecule has 0 aliphatic carbocycles. The van der Waals surface area contributed by atoms with Crippen molar-refractivity contribution in [3.05, 3.63) is 0 Å². The Morgan fingerprint density at radius 2 is 1.90 bits per heavy atom. The fourth-order valence-electron chi connectivity index (χ4n) is 0.243. The first-order valence-electron chi connectivity index (χ1n) is 2.43. The molecule has 0 radical (unpaired) electrons. The molecule has 3 nitrogen and oxygen atoms in total. The molecule has 10 heavy (non-hydrogen) atoms. The third kappa shape index (κ3) is 5.80. The van der Waals surface area contributed by atoms with E-state index in [0.29, 0.717) is 0 Å². The molecule has 0 spiro atoms. The topological polar surface area (TPSA) is 49.7 Å². The lowest BCUT2D eigenvalue weighted by atomic mass is 10.6. The van der Waals surface area contributed by atoms with Crippen LogP contribution >= 0.6 is 0 Å². The normalized spacial score (nSPS) is 15.3. The molecule has 0 aromatic rings. The minimum atomic E-state index is -4.46. The van der Waals surface area contributed by atoms with Crippen molar-refractivity contribution in [1.29, 1.82) is 0 Å². The second kappa shape index (κ2) is 3.75. The first-order valence-corrected chi connectivity index (χ1v) is 2.43. The van der Waals surface area contributed by atoms with Crippen molar-refractivity contribution in [2.75, 3.05) is 13.2 Å². The van der Waals surface area contributed by atoms with Gasteiger partial charge in [0.2, 0.25) is 0 Å². The molecule has 62 valence electrons. The summed E-state index contributed by atoms with van der Waals surface area (Å²) < 4.78 is 37.4. The van der Waals surface area contributed by atoms with E-state index in [1.54, 1.807) is 0 Å². The van der Waals surface area contributed by atoms with Crippen LogP contribution in [-0.4, -0.2) is 35.9 Å². The maximum atomic E-state index is 11.2. The summed E-state index contributed by atoms with van der Waals surface area (Å²) in [5.74, 6) is 0. The van der Waals surface area contributed by atoms with Gasteiger partial charge in [0.25, 0.3) is 0 Å². The standard InChI is InChI=1S/C4H7F3O3/c5-4(6,7)2-10-3(9)1-8/h3,8-9H,1-2H2/t3-/m0/s1. The zero-order valence-electron chi connectivity index (χ0n) is 4.93. The van der Waals surface area contributed by atoms with Gasteiger partial charge in [0.15, 0.2) is 6.29 Å². The first-order chi connectivity index (χ1) is 4.45. The van der Waals surface area contributed by atoms with Gasteiger partial charge in [0.05, 0.1) is 6.61 Å². The van der Waals surface area contributed by atoms with Gasteiger partial charge < -0.3 is 14.9 Å². The molecule has 6 heteroatoms. The molecular formula is C4H7F3O3. The summed E-state index contributed by atoms with van der Waals surface area (Å²) in [4.78, 5) is 0. The summed E-state index contributed by atoms with van der Waals surface area (Å²) in [5.41, 5.74) is 0. The van der Waals surface area contributed by atoms with Crippen LogP contribution < -0.4 is 0 Å². The number of hydrogen-bond acceptors (Lipinski definition) is 3. The molecule has 0 aromatic heterocycles. The van der Waals surface area contributed by atoms with E-state index >= 15 is 0 Å². The SMILES string of the molecule is OC[C@@H](O)OCC(F)(F)F. The minimum Gasteiger partial charge on any atom is -0.391 e. The van der Waals surface area contributed by atoms with Crippen LogP contribution in [0.3, 0.4) is 0 Å². The quantitative estimate of drug-likeness (QED) is 0.565. The van der Waals surface area contributed by atoms with E-state index in [1.165, 1.54) is 0 Å². The Hall–Kier alpha value is -0.330. The van der Waals surface area contributed by atoms with E-state index in [-0.39, 0.29) is 0 Å². The van der Waals surface area contributed by atoms with Crippen LogP contribution in [0.1, 0.15) is 0 Å². The highest BCUT2D eigenvalue weighted by atomic mass is 19.4.